The first-order valence-corrected chi connectivity index (χ1v) is 15.6. The number of benzene rings is 7. The molecule has 0 N–H and O–H groups in total. The fourth-order valence-electron chi connectivity index (χ4n) is 6.77. The van der Waals surface area contributed by atoms with E-state index in [1.54, 1.807) is 0 Å². The van der Waals surface area contributed by atoms with Gasteiger partial charge in [0.2, 0.25) is 5.28 Å². The molecule has 2 heterocycles. The highest BCUT2D eigenvalue weighted by Crippen LogP contribution is 2.37. The summed E-state index contributed by atoms with van der Waals surface area (Å²) in [5.41, 5.74) is 7.45. The summed E-state index contributed by atoms with van der Waals surface area (Å²) in [6.45, 7) is 0. The Morgan fingerprint density at radius 2 is 0.978 bits per heavy atom. The standard InChI is InChI=1S/C41H25ClN4/c42-41-44-39(28-14-7-13-27(25-28)30-18-8-12-26-11-1-2-15-29(26)30)43-40(45-41)35-21-9-20-32-31(35)19-10-24-38(32)46-36-22-5-3-16-33(36)34-17-4-6-23-37(34)46/h1-25H. The lowest BCUT2D eigenvalue weighted by Crippen LogP contribution is -1.99. The minimum atomic E-state index is 0.158. The summed E-state index contributed by atoms with van der Waals surface area (Å²) in [5.74, 6) is 1.07. The maximum Gasteiger partial charge on any atom is 0.226 e. The fourth-order valence-corrected chi connectivity index (χ4v) is 6.93. The average Bonchev–Trinajstić information content (AvgIpc) is 3.45. The number of rotatable bonds is 4. The summed E-state index contributed by atoms with van der Waals surface area (Å²) in [7, 11) is 0. The molecule has 7 aromatic carbocycles. The van der Waals surface area contributed by atoms with Gasteiger partial charge in [-0.15, -0.1) is 0 Å². The normalized spacial score (nSPS) is 11.6. The molecule has 0 atom stereocenters. The maximum atomic E-state index is 6.61. The van der Waals surface area contributed by atoms with Gasteiger partial charge in [0.15, 0.2) is 11.6 Å². The number of nitrogens with zero attached hydrogens (tertiary/aromatic N) is 4. The molecular weight excluding hydrogens is 584 g/mol. The molecule has 0 amide bonds. The van der Waals surface area contributed by atoms with Crippen LogP contribution in [0.5, 0.6) is 0 Å². The van der Waals surface area contributed by atoms with Crippen LogP contribution in [0.1, 0.15) is 0 Å². The van der Waals surface area contributed by atoms with Crippen LogP contribution in [0.2, 0.25) is 5.28 Å². The van der Waals surface area contributed by atoms with Crippen LogP contribution >= 0.6 is 11.6 Å². The molecule has 4 nitrogen and oxygen atoms in total. The lowest BCUT2D eigenvalue weighted by atomic mass is 9.97. The van der Waals surface area contributed by atoms with Crippen LogP contribution in [0.25, 0.3) is 82.9 Å². The van der Waals surface area contributed by atoms with E-state index in [1.807, 2.05) is 12.1 Å². The van der Waals surface area contributed by atoms with Gasteiger partial charge in [-0.3, -0.25) is 0 Å². The Labute approximate surface area is 270 Å². The van der Waals surface area contributed by atoms with E-state index >= 15 is 0 Å². The van der Waals surface area contributed by atoms with Crippen LogP contribution in [-0.2, 0) is 0 Å². The highest BCUT2D eigenvalue weighted by Gasteiger charge is 2.17. The van der Waals surface area contributed by atoms with Gasteiger partial charge in [-0.1, -0.05) is 127 Å². The van der Waals surface area contributed by atoms with Crippen LogP contribution < -0.4 is 0 Å². The quantitative estimate of drug-likeness (QED) is 0.200. The number of halogens is 1. The van der Waals surface area contributed by atoms with E-state index < -0.39 is 0 Å². The summed E-state index contributed by atoms with van der Waals surface area (Å²) >= 11 is 6.61. The van der Waals surface area contributed by atoms with Gasteiger partial charge in [0.1, 0.15) is 0 Å². The van der Waals surface area contributed by atoms with Crippen molar-refractivity contribution in [2.45, 2.75) is 0 Å². The zero-order valence-corrected chi connectivity index (χ0v) is 25.4. The minimum absolute atomic E-state index is 0.158. The second-order valence-corrected chi connectivity index (χ2v) is 11.7. The third-order valence-electron chi connectivity index (χ3n) is 8.79. The SMILES string of the molecule is Clc1nc(-c2cccc(-c3cccc4ccccc34)c2)nc(-c2cccc3c(-n4c5ccccc5c5ccccc54)cccc23)n1. The molecule has 0 saturated carbocycles. The van der Waals surface area contributed by atoms with E-state index in [4.69, 9.17) is 16.6 Å². The third-order valence-corrected chi connectivity index (χ3v) is 8.96. The van der Waals surface area contributed by atoms with E-state index in [0.29, 0.717) is 11.6 Å². The predicted molar refractivity (Wildman–Crippen MR) is 190 cm³/mol. The highest BCUT2D eigenvalue weighted by molar-refractivity contribution is 6.28. The highest BCUT2D eigenvalue weighted by atomic mass is 35.5. The molecular formula is C41H25ClN4. The number of fused-ring (bicyclic) bond motifs is 5. The second-order valence-electron chi connectivity index (χ2n) is 11.4. The summed E-state index contributed by atoms with van der Waals surface area (Å²) in [6, 6.07) is 52.9. The monoisotopic (exact) mass is 608 g/mol. The number of hydrogen-bond donors (Lipinski definition) is 0. The topological polar surface area (TPSA) is 43.6 Å². The summed E-state index contributed by atoms with van der Waals surface area (Å²) in [4.78, 5) is 14.2. The lowest BCUT2D eigenvalue weighted by Gasteiger charge is -2.14. The zero-order valence-electron chi connectivity index (χ0n) is 24.6. The summed E-state index contributed by atoms with van der Waals surface area (Å²) in [5, 5.41) is 7.16. The van der Waals surface area contributed by atoms with Crippen molar-refractivity contribution < 1.29 is 0 Å². The molecule has 0 unspecified atom stereocenters. The minimum Gasteiger partial charge on any atom is -0.309 e. The Morgan fingerprint density at radius 1 is 0.413 bits per heavy atom. The van der Waals surface area contributed by atoms with Crippen molar-refractivity contribution in [1.82, 2.24) is 19.5 Å². The van der Waals surface area contributed by atoms with E-state index in [-0.39, 0.29) is 5.28 Å². The molecule has 0 aliphatic rings. The fraction of sp³-hybridized carbons (Fsp3) is 0. The van der Waals surface area contributed by atoms with Gasteiger partial charge in [-0.25, -0.2) is 4.98 Å². The number of hydrogen-bond acceptors (Lipinski definition) is 3. The van der Waals surface area contributed by atoms with Crippen LogP contribution in [0, 0.1) is 0 Å². The molecule has 2 aromatic heterocycles. The van der Waals surface area contributed by atoms with Crippen molar-refractivity contribution in [1.29, 1.82) is 0 Å². The largest absolute Gasteiger partial charge is 0.309 e. The molecule has 0 saturated heterocycles. The Bertz CT molecular complexity index is 2560. The predicted octanol–water partition coefficient (Wildman–Crippen LogP) is 10.9. The Kier molecular flexibility index (Phi) is 6.15. The second kappa shape index (κ2) is 10.7. The molecule has 0 aliphatic carbocycles. The Morgan fingerprint density at radius 3 is 1.80 bits per heavy atom. The van der Waals surface area contributed by atoms with Crippen molar-refractivity contribution in [3.63, 3.8) is 0 Å². The van der Waals surface area contributed by atoms with Crippen LogP contribution in [0.15, 0.2) is 152 Å². The molecule has 9 aromatic rings. The van der Waals surface area contributed by atoms with Crippen LogP contribution in [0.4, 0.5) is 0 Å². The van der Waals surface area contributed by atoms with Crippen molar-refractivity contribution in [3.8, 4) is 39.6 Å². The third kappa shape index (κ3) is 4.26. The Hall–Kier alpha value is -5.84. The maximum absolute atomic E-state index is 6.61. The molecule has 46 heavy (non-hydrogen) atoms. The van der Waals surface area contributed by atoms with E-state index in [1.165, 1.54) is 21.5 Å². The van der Waals surface area contributed by atoms with Crippen LogP contribution in [0.3, 0.4) is 0 Å². The van der Waals surface area contributed by atoms with Gasteiger partial charge < -0.3 is 4.57 Å². The molecule has 0 spiro atoms. The van der Waals surface area contributed by atoms with Gasteiger partial charge in [-0.05, 0) is 63.2 Å². The number of aromatic nitrogens is 4. The first kappa shape index (κ1) is 26.6. The molecule has 0 bridgehead atoms. The van der Waals surface area contributed by atoms with E-state index in [2.05, 4.69) is 154 Å². The van der Waals surface area contributed by atoms with Crippen molar-refractivity contribution in [2.24, 2.45) is 0 Å². The smallest absolute Gasteiger partial charge is 0.226 e. The molecule has 0 radical (unpaired) electrons. The first-order valence-electron chi connectivity index (χ1n) is 15.2. The summed E-state index contributed by atoms with van der Waals surface area (Å²) < 4.78 is 2.35. The molecule has 216 valence electrons. The molecule has 0 aliphatic heterocycles. The zero-order chi connectivity index (χ0) is 30.6. The lowest BCUT2D eigenvalue weighted by molar-refractivity contribution is 1.07. The number of para-hydroxylation sites is 2. The van der Waals surface area contributed by atoms with Gasteiger partial charge in [0.25, 0.3) is 0 Å². The van der Waals surface area contributed by atoms with Gasteiger partial charge in [0, 0.05) is 27.3 Å². The van der Waals surface area contributed by atoms with Crippen molar-refractivity contribution >= 4 is 55.0 Å². The van der Waals surface area contributed by atoms with Crippen LogP contribution in [-0.4, -0.2) is 19.5 Å². The average molecular weight is 609 g/mol. The Balaban J connectivity index is 1.20. The van der Waals surface area contributed by atoms with Crippen molar-refractivity contribution in [2.75, 3.05) is 0 Å². The van der Waals surface area contributed by atoms with Crippen molar-refractivity contribution in [3.05, 3.63) is 157 Å². The molecule has 0 fully saturated rings. The van der Waals surface area contributed by atoms with Gasteiger partial charge in [-0.2, -0.15) is 9.97 Å². The summed E-state index contributed by atoms with van der Waals surface area (Å²) in [6.07, 6.45) is 0. The molecule has 9 rings (SSSR count). The molecule has 5 heteroatoms. The van der Waals surface area contributed by atoms with Gasteiger partial charge >= 0.3 is 0 Å². The van der Waals surface area contributed by atoms with E-state index in [0.717, 1.165) is 49.7 Å². The first-order chi connectivity index (χ1) is 22.7. The van der Waals surface area contributed by atoms with E-state index in [9.17, 15) is 0 Å². The van der Waals surface area contributed by atoms with Gasteiger partial charge in [0.05, 0.1) is 16.7 Å².